The summed E-state index contributed by atoms with van der Waals surface area (Å²) in [6, 6.07) is 7.20. The van der Waals surface area contributed by atoms with Gasteiger partial charge in [-0.1, -0.05) is 13.0 Å². The van der Waals surface area contributed by atoms with Crippen molar-refractivity contribution in [3.8, 4) is 0 Å². The summed E-state index contributed by atoms with van der Waals surface area (Å²) < 4.78 is 1.79. The minimum Gasteiger partial charge on any atom is -0.326 e. The van der Waals surface area contributed by atoms with Gasteiger partial charge in [0.2, 0.25) is 5.91 Å². The number of carbonyl (C=O) groups is 2. The van der Waals surface area contributed by atoms with Crippen LogP contribution in [0.25, 0.3) is 0 Å². The van der Waals surface area contributed by atoms with E-state index in [-0.39, 0.29) is 17.9 Å². The van der Waals surface area contributed by atoms with E-state index < -0.39 is 0 Å². The number of amides is 2. The Morgan fingerprint density at radius 2 is 2.00 bits per heavy atom. The molecule has 6 nitrogen and oxygen atoms in total. The summed E-state index contributed by atoms with van der Waals surface area (Å²) in [5.41, 5.74) is 2.03. The Labute approximate surface area is 135 Å². The Morgan fingerprint density at radius 3 is 2.65 bits per heavy atom. The molecule has 1 unspecified atom stereocenters. The number of rotatable bonds is 5. The molecule has 2 rings (SSSR count). The van der Waals surface area contributed by atoms with E-state index in [9.17, 15) is 9.59 Å². The van der Waals surface area contributed by atoms with Crippen molar-refractivity contribution in [3.05, 3.63) is 41.6 Å². The van der Waals surface area contributed by atoms with Crippen LogP contribution in [0.1, 0.15) is 49.2 Å². The molecule has 0 aliphatic heterocycles. The zero-order valence-electron chi connectivity index (χ0n) is 13.9. The van der Waals surface area contributed by atoms with Gasteiger partial charge in [-0.3, -0.25) is 9.59 Å². The average Bonchev–Trinajstić information content (AvgIpc) is 2.96. The first-order chi connectivity index (χ1) is 10.9. The number of anilines is 2. The van der Waals surface area contributed by atoms with E-state index in [4.69, 9.17) is 0 Å². The van der Waals surface area contributed by atoms with E-state index in [0.717, 1.165) is 12.0 Å². The molecule has 0 spiro atoms. The van der Waals surface area contributed by atoms with Gasteiger partial charge < -0.3 is 10.6 Å². The minimum absolute atomic E-state index is 0.166. The molecule has 1 heterocycles. The van der Waals surface area contributed by atoms with Crippen LogP contribution in [0.15, 0.2) is 30.5 Å². The molecule has 0 radical (unpaired) electrons. The molecule has 0 saturated heterocycles. The standard InChI is InChI=1S/C17H22N4O2/c1-5-12(3)21-16(8-9-18-21)20-17(23)14-7-6-11(2)15(10-14)19-13(4)22/h6-10,12H,5H2,1-4H3,(H,19,22)(H,20,23). The first-order valence-corrected chi connectivity index (χ1v) is 7.65. The van der Waals surface area contributed by atoms with Crippen molar-refractivity contribution in [3.63, 3.8) is 0 Å². The molecular weight excluding hydrogens is 292 g/mol. The predicted molar refractivity (Wildman–Crippen MR) is 90.7 cm³/mol. The summed E-state index contributed by atoms with van der Waals surface area (Å²) in [4.78, 5) is 23.7. The van der Waals surface area contributed by atoms with Crippen molar-refractivity contribution in [2.75, 3.05) is 10.6 Å². The second kappa shape index (κ2) is 7.09. The number of benzene rings is 1. The van der Waals surface area contributed by atoms with Gasteiger partial charge in [0.05, 0.1) is 12.2 Å². The van der Waals surface area contributed by atoms with Gasteiger partial charge in [-0.15, -0.1) is 0 Å². The van der Waals surface area contributed by atoms with Crippen molar-refractivity contribution in [2.24, 2.45) is 0 Å². The topological polar surface area (TPSA) is 76.0 Å². The number of hydrogen-bond acceptors (Lipinski definition) is 3. The summed E-state index contributed by atoms with van der Waals surface area (Å²) in [5.74, 6) is 0.258. The number of nitrogens with one attached hydrogen (secondary N) is 2. The summed E-state index contributed by atoms with van der Waals surface area (Å²) >= 11 is 0. The second-order valence-electron chi connectivity index (χ2n) is 5.58. The molecular formula is C17H22N4O2. The van der Waals surface area contributed by atoms with Crippen molar-refractivity contribution in [2.45, 2.75) is 40.2 Å². The van der Waals surface area contributed by atoms with Crippen LogP contribution < -0.4 is 10.6 Å². The van der Waals surface area contributed by atoms with E-state index >= 15 is 0 Å². The average molecular weight is 314 g/mol. The lowest BCUT2D eigenvalue weighted by Crippen LogP contribution is -2.18. The van der Waals surface area contributed by atoms with Crippen LogP contribution in [0, 0.1) is 6.92 Å². The van der Waals surface area contributed by atoms with Gasteiger partial charge in [-0.05, 0) is 38.0 Å². The zero-order chi connectivity index (χ0) is 17.0. The van der Waals surface area contributed by atoms with Crippen LogP contribution in [0.4, 0.5) is 11.5 Å². The highest BCUT2D eigenvalue weighted by Crippen LogP contribution is 2.20. The lowest BCUT2D eigenvalue weighted by Gasteiger charge is -2.14. The van der Waals surface area contributed by atoms with Crippen LogP contribution in [0.2, 0.25) is 0 Å². The molecule has 0 aliphatic carbocycles. The Balaban J connectivity index is 2.21. The van der Waals surface area contributed by atoms with Crippen molar-refractivity contribution in [1.29, 1.82) is 0 Å². The van der Waals surface area contributed by atoms with Crippen LogP contribution >= 0.6 is 0 Å². The monoisotopic (exact) mass is 314 g/mol. The Kier molecular flexibility index (Phi) is 5.16. The predicted octanol–water partition coefficient (Wildman–Crippen LogP) is 3.37. The van der Waals surface area contributed by atoms with Crippen molar-refractivity contribution in [1.82, 2.24) is 9.78 Å². The molecule has 0 aliphatic rings. The molecule has 23 heavy (non-hydrogen) atoms. The number of aromatic nitrogens is 2. The quantitative estimate of drug-likeness (QED) is 0.888. The normalized spacial score (nSPS) is 11.8. The third kappa shape index (κ3) is 3.97. The van der Waals surface area contributed by atoms with Gasteiger partial charge in [0.1, 0.15) is 5.82 Å². The second-order valence-corrected chi connectivity index (χ2v) is 5.58. The number of hydrogen-bond donors (Lipinski definition) is 2. The lowest BCUT2D eigenvalue weighted by molar-refractivity contribution is -0.114. The fourth-order valence-electron chi connectivity index (χ4n) is 2.21. The molecule has 2 aromatic rings. The molecule has 0 fully saturated rings. The molecule has 0 bridgehead atoms. The van der Waals surface area contributed by atoms with E-state index in [1.165, 1.54) is 6.92 Å². The SMILES string of the molecule is CCC(C)n1nccc1NC(=O)c1ccc(C)c(NC(C)=O)c1. The Hall–Kier alpha value is -2.63. The van der Waals surface area contributed by atoms with Gasteiger partial charge >= 0.3 is 0 Å². The van der Waals surface area contributed by atoms with Gasteiger partial charge in [-0.25, -0.2) is 4.68 Å². The lowest BCUT2D eigenvalue weighted by atomic mass is 10.1. The van der Waals surface area contributed by atoms with E-state index in [2.05, 4.69) is 22.7 Å². The highest BCUT2D eigenvalue weighted by molar-refractivity contribution is 6.05. The Morgan fingerprint density at radius 1 is 1.26 bits per heavy atom. The maximum Gasteiger partial charge on any atom is 0.256 e. The van der Waals surface area contributed by atoms with E-state index in [0.29, 0.717) is 17.1 Å². The first-order valence-electron chi connectivity index (χ1n) is 7.65. The molecule has 2 N–H and O–H groups in total. The first kappa shape index (κ1) is 16.7. The minimum atomic E-state index is -0.235. The molecule has 122 valence electrons. The maximum atomic E-state index is 12.5. The zero-order valence-corrected chi connectivity index (χ0v) is 13.9. The fourth-order valence-corrected chi connectivity index (χ4v) is 2.21. The van der Waals surface area contributed by atoms with Gasteiger partial charge in [0.15, 0.2) is 0 Å². The summed E-state index contributed by atoms with van der Waals surface area (Å²) in [7, 11) is 0. The smallest absolute Gasteiger partial charge is 0.256 e. The molecule has 1 atom stereocenters. The van der Waals surface area contributed by atoms with Gasteiger partial charge in [0.25, 0.3) is 5.91 Å². The number of nitrogens with zero attached hydrogens (tertiary/aromatic N) is 2. The highest BCUT2D eigenvalue weighted by atomic mass is 16.2. The maximum absolute atomic E-state index is 12.5. The highest BCUT2D eigenvalue weighted by Gasteiger charge is 2.13. The van der Waals surface area contributed by atoms with E-state index in [1.807, 2.05) is 19.9 Å². The Bertz CT molecular complexity index is 721. The number of carbonyl (C=O) groups excluding carboxylic acids is 2. The summed E-state index contributed by atoms with van der Waals surface area (Å²) in [5, 5.41) is 9.85. The van der Waals surface area contributed by atoms with Crippen molar-refractivity contribution >= 4 is 23.3 Å². The van der Waals surface area contributed by atoms with Crippen LogP contribution in [0.3, 0.4) is 0 Å². The third-order valence-corrected chi connectivity index (χ3v) is 3.73. The van der Waals surface area contributed by atoms with E-state index in [1.54, 1.807) is 29.1 Å². The third-order valence-electron chi connectivity index (χ3n) is 3.73. The molecule has 2 amide bonds. The van der Waals surface area contributed by atoms with Gasteiger partial charge in [0, 0.05) is 24.2 Å². The molecule has 1 aromatic carbocycles. The number of aryl methyl sites for hydroxylation is 1. The summed E-state index contributed by atoms with van der Waals surface area (Å²) in [6.45, 7) is 7.43. The molecule has 6 heteroatoms. The fraction of sp³-hybridized carbons (Fsp3) is 0.353. The summed E-state index contributed by atoms with van der Waals surface area (Å²) in [6.07, 6.45) is 2.58. The van der Waals surface area contributed by atoms with Crippen LogP contribution in [0.5, 0.6) is 0 Å². The largest absolute Gasteiger partial charge is 0.326 e. The molecule has 0 saturated carbocycles. The van der Waals surface area contributed by atoms with Crippen molar-refractivity contribution < 1.29 is 9.59 Å². The van der Waals surface area contributed by atoms with Crippen LogP contribution in [-0.2, 0) is 4.79 Å². The molecule has 1 aromatic heterocycles. The van der Waals surface area contributed by atoms with Gasteiger partial charge in [-0.2, -0.15) is 5.10 Å². The van der Waals surface area contributed by atoms with Crippen LogP contribution in [-0.4, -0.2) is 21.6 Å².